The zero-order valence-electron chi connectivity index (χ0n) is 18.1. The van der Waals surface area contributed by atoms with Crippen molar-refractivity contribution in [2.45, 2.75) is 44.1 Å². The van der Waals surface area contributed by atoms with Gasteiger partial charge < -0.3 is 14.2 Å². The van der Waals surface area contributed by atoms with Crippen molar-refractivity contribution in [2.24, 2.45) is 5.92 Å². The van der Waals surface area contributed by atoms with Crippen LogP contribution in [0.4, 0.5) is 13.2 Å². The number of alkyl halides is 3. The van der Waals surface area contributed by atoms with Crippen molar-refractivity contribution in [2.75, 3.05) is 33.2 Å². The van der Waals surface area contributed by atoms with Gasteiger partial charge in [0, 0.05) is 48.9 Å². The largest absolute Gasteiger partial charge is 0.573 e. The van der Waals surface area contributed by atoms with E-state index in [-0.39, 0.29) is 17.2 Å². The van der Waals surface area contributed by atoms with Crippen LogP contribution in [-0.2, 0) is 6.54 Å². The van der Waals surface area contributed by atoms with Crippen LogP contribution in [-0.4, -0.2) is 60.0 Å². The van der Waals surface area contributed by atoms with Gasteiger partial charge in [0.1, 0.15) is 5.75 Å². The van der Waals surface area contributed by atoms with Gasteiger partial charge in [-0.2, -0.15) is 0 Å². The average molecular weight is 448 g/mol. The van der Waals surface area contributed by atoms with E-state index in [0.29, 0.717) is 18.5 Å². The van der Waals surface area contributed by atoms with Crippen LogP contribution in [0.15, 0.2) is 41.2 Å². The van der Waals surface area contributed by atoms with E-state index in [2.05, 4.69) is 21.6 Å². The van der Waals surface area contributed by atoms with Crippen LogP contribution in [0.1, 0.15) is 30.9 Å². The van der Waals surface area contributed by atoms with Crippen molar-refractivity contribution in [1.29, 1.82) is 0 Å². The molecule has 0 unspecified atom stereocenters. The summed E-state index contributed by atoms with van der Waals surface area (Å²) in [5, 5.41) is 0. The van der Waals surface area contributed by atoms with Crippen molar-refractivity contribution in [3.63, 3.8) is 0 Å². The van der Waals surface area contributed by atoms with Crippen LogP contribution in [0, 0.1) is 5.92 Å². The summed E-state index contributed by atoms with van der Waals surface area (Å²) in [6, 6.07) is 9.94. The lowest BCUT2D eigenvalue weighted by atomic mass is 9.79. The first kappa shape index (κ1) is 21.5. The minimum Gasteiger partial charge on any atom is -0.406 e. The highest BCUT2D eigenvalue weighted by Gasteiger charge is 2.39. The first-order valence-corrected chi connectivity index (χ1v) is 11.3. The van der Waals surface area contributed by atoms with Crippen molar-refractivity contribution >= 4 is 0 Å². The maximum atomic E-state index is 12.7. The van der Waals surface area contributed by atoms with Gasteiger partial charge in [-0.25, -0.2) is 0 Å². The zero-order valence-corrected chi connectivity index (χ0v) is 18.1. The fraction of sp³-hybridized carbons (Fsp3) is 0.542. The van der Waals surface area contributed by atoms with Gasteiger partial charge in [-0.1, -0.05) is 12.1 Å². The number of aromatic nitrogens is 1. The molecule has 0 N–H and O–H groups in total. The van der Waals surface area contributed by atoms with Crippen LogP contribution in [0.25, 0.3) is 11.1 Å². The van der Waals surface area contributed by atoms with Crippen molar-refractivity contribution in [3.05, 3.63) is 52.4 Å². The Morgan fingerprint density at radius 3 is 2.38 bits per heavy atom. The lowest BCUT2D eigenvalue weighted by Crippen LogP contribution is -2.53. The Morgan fingerprint density at radius 2 is 1.69 bits per heavy atom. The van der Waals surface area contributed by atoms with Crippen LogP contribution < -0.4 is 10.3 Å². The average Bonchev–Trinajstić information content (AvgIpc) is 2.74. The Hall–Kier alpha value is -2.32. The van der Waals surface area contributed by atoms with E-state index in [1.165, 1.54) is 25.0 Å². The molecule has 2 bridgehead atoms. The number of pyridine rings is 1. The molecule has 1 aromatic carbocycles. The van der Waals surface area contributed by atoms with Crippen molar-refractivity contribution in [1.82, 2.24) is 14.4 Å². The summed E-state index contributed by atoms with van der Waals surface area (Å²) in [4.78, 5) is 17.7. The molecule has 172 valence electrons. The molecule has 3 aliphatic heterocycles. The number of benzene rings is 1. The highest BCUT2D eigenvalue weighted by Crippen LogP contribution is 2.41. The Bertz CT molecular complexity index is 1030. The fourth-order valence-corrected chi connectivity index (χ4v) is 5.79. The Labute approximate surface area is 185 Å². The molecule has 1 aromatic heterocycles. The molecule has 5 rings (SSSR count). The van der Waals surface area contributed by atoms with Gasteiger partial charge in [-0.15, -0.1) is 13.2 Å². The molecule has 0 spiro atoms. The molecule has 32 heavy (non-hydrogen) atoms. The van der Waals surface area contributed by atoms with Gasteiger partial charge >= 0.3 is 6.36 Å². The summed E-state index contributed by atoms with van der Waals surface area (Å²) < 4.78 is 43.5. The van der Waals surface area contributed by atoms with Crippen LogP contribution in [0.3, 0.4) is 0 Å². The fourth-order valence-electron chi connectivity index (χ4n) is 5.79. The van der Waals surface area contributed by atoms with Gasteiger partial charge in [-0.3, -0.25) is 9.69 Å². The standard InChI is InChI=1S/C24H28F3N3O2/c1-28-10-8-19(9-11-28)29-13-16-12-18(15-29)23-21(6-7-22(31)30(23)14-16)17-2-4-20(5-3-17)32-24(25,26)27/h2-7,16,18-19H,8-15H2,1H3/t16-,18+/m0/s1. The normalized spacial score (nSPS) is 24.9. The molecule has 2 saturated heterocycles. The third kappa shape index (κ3) is 4.30. The summed E-state index contributed by atoms with van der Waals surface area (Å²) in [5.41, 5.74) is 2.76. The van der Waals surface area contributed by atoms with E-state index in [0.717, 1.165) is 49.4 Å². The van der Waals surface area contributed by atoms with Crippen LogP contribution in [0.5, 0.6) is 5.75 Å². The van der Waals surface area contributed by atoms with Crippen LogP contribution >= 0.6 is 0 Å². The smallest absolute Gasteiger partial charge is 0.406 e. The molecule has 0 amide bonds. The molecule has 2 fully saturated rings. The lowest BCUT2D eigenvalue weighted by Gasteiger charge is -2.47. The second kappa shape index (κ2) is 8.23. The third-order valence-electron chi connectivity index (χ3n) is 7.22. The number of ether oxygens (including phenoxy) is 1. The van der Waals surface area contributed by atoms with E-state index >= 15 is 0 Å². The molecule has 4 heterocycles. The van der Waals surface area contributed by atoms with Gasteiger partial charge in [0.2, 0.25) is 0 Å². The first-order chi connectivity index (χ1) is 15.3. The monoisotopic (exact) mass is 447 g/mol. The highest BCUT2D eigenvalue weighted by molar-refractivity contribution is 5.67. The SMILES string of the molecule is CN1CCC(N2C[C@@H]3C[C@H](C2)c2c(-c4ccc(OC(F)(F)F)cc4)ccc(=O)n2C3)CC1. The number of hydrogen-bond acceptors (Lipinski definition) is 4. The predicted molar refractivity (Wildman–Crippen MR) is 116 cm³/mol. The number of piperidine rings is 2. The molecule has 2 atom stereocenters. The number of halogens is 3. The zero-order chi connectivity index (χ0) is 22.5. The topological polar surface area (TPSA) is 37.7 Å². The maximum Gasteiger partial charge on any atom is 0.573 e. The molecule has 0 saturated carbocycles. The molecule has 2 aromatic rings. The van der Waals surface area contributed by atoms with Crippen molar-refractivity contribution < 1.29 is 17.9 Å². The number of nitrogens with zero attached hydrogens (tertiary/aromatic N) is 3. The quantitative estimate of drug-likeness (QED) is 0.715. The molecule has 3 aliphatic rings. The van der Waals surface area contributed by atoms with Gasteiger partial charge in [0.15, 0.2) is 0 Å². The molecular weight excluding hydrogens is 419 g/mol. The lowest BCUT2D eigenvalue weighted by molar-refractivity contribution is -0.274. The van der Waals surface area contributed by atoms with Gasteiger partial charge in [-0.05, 0) is 69.1 Å². The Morgan fingerprint density at radius 1 is 0.969 bits per heavy atom. The Balaban J connectivity index is 1.45. The minimum absolute atomic E-state index is 0.00298. The van der Waals surface area contributed by atoms with E-state index in [1.807, 2.05) is 10.6 Å². The van der Waals surface area contributed by atoms with Gasteiger partial charge in [0.05, 0.1) is 0 Å². The number of rotatable bonds is 3. The number of likely N-dealkylation sites (tertiary alicyclic amines) is 2. The Kier molecular flexibility index (Phi) is 5.53. The molecule has 8 heteroatoms. The number of hydrogen-bond donors (Lipinski definition) is 0. The maximum absolute atomic E-state index is 12.7. The second-order valence-corrected chi connectivity index (χ2v) is 9.44. The predicted octanol–water partition coefficient (Wildman–Crippen LogP) is 3.93. The number of fused-ring (bicyclic) bond motifs is 4. The van der Waals surface area contributed by atoms with E-state index < -0.39 is 6.36 Å². The summed E-state index contributed by atoms with van der Waals surface area (Å²) in [7, 11) is 2.17. The highest BCUT2D eigenvalue weighted by atomic mass is 19.4. The summed E-state index contributed by atoms with van der Waals surface area (Å²) >= 11 is 0. The summed E-state index contributed by atoms with van der Waals surface area (Å²) in [6.45, 7) is 4.90. The minimum atomic E-state index is -4.71. The first-order valence-electron chi connectivity index (χ1n) is 11.3. The molecule has 5 nitrogen and oxygen atoms in total. The summed E-state index contributed by atoms with van der Waals surface area (Å²) in [5.74, 6) is 0.461. The van der Waals surface area contributed by atoms with Gasteiger partial charge in [0.25, 0.3) is 5.56 Å². The second-order valence-electron chi connectivity index (χ2n) is 9.44. The van der Waals surface area contributed by atoms with Crippen molar-refractivity contribution in [3.8, 4) is 16.9 Å². The van der Waals surface area contributed by atoms with Crippen LogP contribution in [0.2, 0.25) is 0 Å². The molecule has 0 radical (unpaired) electrons. The molecular formula is C24H28F3N3O2. The third-order valence-corrected chi connectivity index (χ3v) is 7.22. The summed E-state index contributed by atoms with van der Waals surface area (Å²) in [6.07, 6.45) is -1.32. The van der Waals surface area contributed by atoms with E-state index in [4.69, 9.17) is 0 Å². The molecule has 0 aliphatic carbocycles. The van der Waals surface area contributed by atoms with E-state index in [9.17, 15) is 18.0 Å². The van der Waals surface area contributed by atoms with E-state index in [1.54, 1.807) is 18.2 Å².